The Morgan fingerprint density at radius 1 is 0.392 bits per heavy atom. The molecular weight excluding hydrogens is 1820 g/mol. The van der Waals surface area contributed by atoms with Gasteiger partial charge in [-0.1, -0.05) is 190 Å². The van der Waals surface area contributed by atoms with Crippen LogP contribution >= 0.6 is 69.6 Å². The minimum absolute atomic E-state index is 0.00565. The van der Waals surface area contributed by atoms with Crippen LogP contribution in [0.25, 0.3) is 0 Å². The summed E-state index contributed by atoms with van der Waals surface area (Å²) in [6.45, 7) is 12.6. The van der Waals surface area contributed by atoms with Gasteiger partial charge in [-0.05, 0) is 153 Å². The molecular formula is C90H74Cl6F7N21O6. The fraction of sp³-hybridized carbons (Fsp3) is 0.156. The molecule has 0 saturated carbocycles. The lowest BCUT2D eigenvalue weighted by Crippen LogP contribution is -2.38. The predicted molar refractivity (Wildman–Crippen MR) is 478 cm³/mol. The van der Waals surface area contributed by atoms with E-state index in [0.717, 1.165) is 27.9 Å². The molecule has 6 aromatic heterocycles. The van der Waals surface area contributed by atoms with E-state index in [0.29, 0.717) is 59.4 Å². The topological polar surface area (TPSA) is 319 Å². The molecule has 16 rings (SSSR count). The number of rotatable bonds is 21. The average molecular weight is 1890 g/mol. The van der Waals surface area contributed by atoms with Crippen molar-refractivity contribution in [2.75, 3.05) is 32.7 Å². The molecule has 40 heteroatoms. The molecule has 0 spiro atoms. The fourth-order valence-electron chi connectivity index (χ4n) is 12.4. The second-order valence-corrected chi connectivity index (χ2v) is 31.4. The molecule has 9 aromatic carbocycles. The maximum absolute atomic E-state index is 14.9. The van der Waals surface area contributed by atoms with E-state index in [1.165, 1.54) is 136 Å². The van der Waals surface area contributed by atoms with Gasteiger partial charge in [-0.25, -0.2) is 74.1 Å². The van der Waals surface area contributed by atoms with Crippen molar-refractivity contribution in [3.63, 3.8) is 0 Å². The highest BCUT2D eigenvalue weighted by atomic mass is 35.5. The van der Waals surface area contributed by atoms with E-state index in [-0.39, 0.29) is 131 Å². The summed E-state index contributed by atoms with van der Waals surface area (Å²) in [5.41, 5.74) is 9.41. The van der Waals surface area contributed by atoms with Crippen molar-refractivity contribution in [1.29, 1.82) is 0 Å². The zero-order valence-electron chi connectivity index (χ0n) is 69.4. The maximum atomic E-state index is 14.9. The normalized spacial score (nSPS) is 11.3. The lowest BCUT2D eigenvalue weighted by Gasteiger charge is -2.27. The highest BCUT2D eigenvalue weighted by Gasteiger charge is 2.34. The van der Waals surface area contributed by atoms with Crippen LogP contribution in [0, 0.1) is 75.3 Å². The van der Waals surface area contributed by atoms with Crippen molar-refractivity contribution >= 4 is 133 Å². The third-order valence-corrected chi connectivity index (χ3v) is 20.9. The summed E-state index contributed by atoms with van der Waals surface area (Å²) in [6, 6.07) is 49.8. The number of nitrogens with zero attached hydrogens (tertiary/aromatic N) is 16. The van der Waals surface area contributed by atoms with Crippen LogP contribution in [0.2, 0.25) is 30.3 Å². The van der Waals surface area contributed by atoms with Crippen molar-refractivity contribution in [3.05, 3.63) is 380 Å². The largest absolute Gasteiger partial charge is 0.352 e. The average Bonchev–Trinajstić information content (AvgIpc) is 1.61. The first-order valence-corrected chi connectivity index (χ1v) is 41.4. The van der Waals surface area contributed by atoms with Crippen LogP contribution in [0.1, 0.15) is 127 Å². The number of benzene rings is 9. The van der Waals surface area contributed by atoms with Crippen LogP contribution in [-0.2, 0) is 50.5 Å². The summed E-state index contributed by atoms with van der Waals surface area (Å²) in [5, 5.41) is 32.7. The van der Waals surface area contributed by atoms with Crippen LogP contribution in [0.4, 0.5) is 59.2 Å². The van der Waals surface area contributed by atoms with E-state index in [9.17, 15) is 59.5 Å². The molecule has 0 fully saturated rings. The van der Waals surface area contributed by atoms with Gasteiger partial charge in [-0.2, -0.15) is 5.10 Å². The molecule has 1 aliphatic heterocycles. The molecule has 0 unspecified atom stereocenters. The van der Waals surface area contributed by atoms with E-state index < -0.39 is 58.6 Å². The minimum atomic E-state index is -0.743. The van der Waals surface area contributed by atoms with E-state index >= 15 is 0 Å². The Bertz CT molecular complexity index is 6550. The number of aromatic nitrogens is 15. The number of halogens is 13. The summed E-state index contributed by atoms with van der Waals surface area (Å²) in [4.78, 5) is 94.2. The lowest BCUT2D eigenvalue weighted by atomic mass is 10.1. The molecule has 5 N–H and O–H groups in total. The number of anilines is 5. The standard InChI is InChI=1S/C23H20Cl2F2N4O2.C17H13ClF2N4O.2C17H14ClFN4O.C16H13ClFN5O/c1-12-4-3-5-15(19(12)26)11-31-22(25)16-6-7-30(23(33)21(16)29-31)18-9-14(10-28-13(2)32)8-17(24)20(18)27;1-10-5-6-11(7-13(10)19)8-24-9-21-16(23-24)17(25)22-14-4-2-3-12(18)15(14)20;1-11-4-2-5-12(8-11)9-23-10-20-16(22-23)17(24)21-14-7-3-6-13(18)15(14)19;1-11-5-7-12(8-6-11)9-23-10-20-16(22-23)17(24)21-14-4-2-3-13(18)15(14)19;1-10-5-6-11(19-7-10)8-23-9-20-15(22-23)16(24)21-13-4-2-3-12(17)14(13)18/h3-5,8-9H,6-7,10-11H2,1-2H3,(H,28,32);2-7,9H,8H2,1H3,(H,22,25);2*2-8,10H,9H2,1H3,(H,21,24);2-7,9H,8H2,1H3,(H,21,24). The van der Waals surface area contributed by atoms with E-state index in [1.54, 1.807) is 71.9 Å². The smallest absolute Gasteiger partial charge is 0.295 e. The van der Waals surface area contributed by atoms with Crippen molar-refractivity contribution in [1.82, 2.24) is 79.1 Å². The Labute approximate surface area is 767 Å². The van der Waals surface area contributed by atoms with E-state index in [4.69, 9.17) is 69.6 Å². The van der Waals surface area contributed by atoms with Gasteiger partial charge >= 0.3 is 0 Å². The van der Waals surface area contributed by atoms with Crippen molar-refractivity contribution in [2.45, 2.75) is 87.2 Å². The Balaban J connectivity index is 0.000000148. The van der Waals surface area contributed by atoms with Crippen molar-refractivity contribution in [2.24, 2.45) is 0 Å². The molecule has 27 nitrogen and oxygen atoms in total. The number of fused-ring (bicyclic) bond motifs is 1. The van der Waals surface area contributed by atoms with Gasteiger partial charge in [0.25, 0.3) is 29.5 Å². The summed E-state index contributed by atoms with van der Waals surface area (Å²) < 4.78 is 105. The highest BCUT2D eigenvalue weighted by Crippen LogP contribution is 2.35. The third-order valence-electron chi connectivity index (χ3n) is 19.0. The Morgan fingerprint density at radius 3 is 1.28 bits per heavy atom. The third kappa shape index (κ3) is 25.0. The molecule has 666 valence electrons. The van der Waals surface area contributed by atoms with Gasteiger partial charge in [-0.15, -0.1) is 20.4 Å². The predicted octanol–water partition coefficient (Wildman–Crippen LogP) is 18.9. The number of nitrogens with one attached hydrogen (secondary N) is 5. The van der Waals surface area contributed by atoms with Gasteiger partial charge in [0.1, 0.15) is 42.1 Å². The summed E-state index contributed by atoms with van der Waals surface area (Å²) in [7, 11) is 0. The van der Waals surface area contributed by atoms with Crippen molar-refractivity contribution < 1.29 is 59.5 Å². The molecule has 0 aliphatic carbocycles. The second kappa shape index (κ2) is 43.6. The van der Waals surface area contributed by atoms with Crippen LogP contribution in [-0.4, -0.2) is 116 Å². The first-order chi connectivity index (χ1) is 62.2. The lowest BCUT2D eigenvalue weighted by molar-refractivity contribution is -0.119. The number of amides is 6. The highest BCUT2D eigenvalue weighted by molar-refractivity contribution is 6.33. The molecule has 130 heavy (non-hydrogen) atoms. The van der Waals surface area contributed by atoms with Crippen LogP contribution in [0.5, 0.6) is 0 Å². The zero-order chi connectivity index (χ0) is 93.1. The van der Waals surface area contributed by atoms with Crippen LogP contribution < -0.4 is 31.5 Å². The number of pyridine rings is 1. The van der Waals surface area contributed by atoms with Gasteiger partial charge in [0.05, 0.1) is 92.0 Å². The van der Waals surface area contributed by atoms with Gasteiger partial charge in [0.15, 0.2) is 34.8 Å². The minimum Gasteiger partial charge on any atom is -0.352 e. The molecule has 7 heterocycles. The number of hydrogen-bond acceptors (Lipinski definition) is 16. The fourth-order valence-corrected chi connectivity index (χ4v) is 13.6. The van der Waals surface area contributed by atoms with Crippen LogP contribution in [0.15, 0.2) is 213 Å². The monoisotopic (exact) mass is 1890 g/mol. The molecule has 0 radical (unpaired) electrons. The van der Waals surface area contributed by atoms with E-state index in [1.807, 2.05) is 81.4 Å². The number of carbonyl (C=O) groups is 6. The summed E-state index contributed by atoms with van der Waals surface area (Å²) >= 11 is 35.2. The molecule has 0 saturated heterocycles. The summed E-state index contributed by atoms with van der Waals surface area (Å²) in [6.07, 6.45) is 7.78. The molecule has 0 bridgehead atoms. The molecule has 0 atom stereocenters. The Hall–Kier alpha value is -14.0. The maximum Gasteiger partial charge on any atom is 0.295 e. The molecule has 15 aromatic rings. The van der Waals surface area contributed by atoms with Gasteiger partial charge in [0, 0.05) is 37.3 Å². The van der Waals surface area contributed by atoms with Gasteiger partial charge in [0.2, 0.25) is 29.2 Å². The van der Waals surface area contributed by atoms with Gasteiger partial charge < -0.3 is 31.5 Å². The molecule has 1 aliphatic rings. The first-order valence-electron chi connectivity index (χ1n) is 39.1. The van der Waals surface area contributed by atoms with E-state index in [2.05, 4.69) is 77.0 Å². The quantitative estimate of drug-likeness (QED) is 0.0417. The van der Waals surface area contributed by atoms with Gasteiger partial charge in [-0.3, -0.25) is 33.8 Å². The number of carbonyl (C=O) groups excluding carboxylic acids is 6. The SMILES string of the molecule is CC(=O)NCc1cc(Cl)c(F)c(N2CCc3c(nn(Cc4cccc(C)c4F)c3Cl)C2=O)c1.Cc1ccc(Cn2cnc(C(=O)Nc3cccc(Cl)c3F)n2)cc1.Cc1ccc(Cn2cnc(C(=O)Nc3cccc(Cl)c3F)n2)cc1F.Cc1ccc(Cn2cnc(C(=O)Nc3cccc(Cl)c3F)n2)nc1.Cc1cccc(Cn2cnc(C(=O)Nc3cccc(Cl)c3F)n2)c1. The van der Waals surface area contributed by atoms with Crippen molar-refractivity contribution in [3.8, 4) is 0 Å². The van der Waals surface area contributed by atoms with Crippen LogP contribution in [0.3, 0.4) is 0 Å². The summed E-state index contributed by atoms with van der Waals surface area (Å²) in [5.74, 6) is -7.77. The number of aryl methyl sites for hydroxylation is 5. The first kappa shape index (κ1) is 95.1. The second-order valence-electron chi connectivity index (χ2n) is 29.0. The Morgan fingerprint density at radius 2 is 0.831 bits per heavy atom. The molecule has 6 amide bonds. The number of hydrogen-bond donors (Lipinski definition) is 5. The zero-order valence-corrected chi connectivity index (χ0v) is 73.9. The Kier molecular flexibility index (Phi) is 31.9.